The maximum Gasteiger partial charge on any atom is 0.315 e. The van der Waals surface area contributed by atoms with Gasteiger partial charge in [-0.1, -0.05) is 23.8 Å². The number of urea groups is 1. The second kappa shape index (κ2) is 9.56. The van der Waals surface area contributed by atoms with E-state index in [0.29, 0.717) is 24.7 Å². The molecule has 2 amide bonds. The number of carbonyl (C=O) groups is 1. The van der Waals surface area contributed by atoms with Crippen molar-refractivity contribution in [2.45, 2.75) is 19.9 Å². The summed E-state index contributed by atoms with van der Waals surface area (Å²) in [6.45, 7) is 4.75. The standard InChI is InChI=1S/C20H26N2O4/c1-14-5-8-17(9-6-14)26-12-11-21-20(23)22-15(2)16-7-10-18(24-3)19(13-16)25-4/h5-10,13,15H,11-12H2,1-4H3,(H2,21,22,23). The number of ether oxygens (including phenoxy) is 3. The van der Waals surface area contributed by atoms with Gasteiger partial charge in [0.15, 0.2) is 11.5 Å². The fourth-order valence-corrected chi connectivity index (χ4v) is 2.42. The highest BCUT2D eigenvalue weighted by Crippen LogP contribution is 2.29. The lowest BCUT2D eigenvalue weighted by atomic mass is 10.1. The van der Waals surface area contributed by atoms with E-state index in [0.717, 1.165) is 11.3 Å². The first-order valence-electron chi connectivity index (χ1n) is 8.49. The van der Waals surface area contributed by atoms with E-state index in [2.05, 4.69) is 10.6 Å². The number of carbonyl (C=O) groups excluding carboxylic acids is 1. The summed E-state index contributed by atoms with van der Waals surface area (Å²) in [5.74, 6) is 2.07. The van der Waals surface area contributed by atoms with E-state index in [1.165, 1.54) is 5.56 Å². The van der Waals surface area contributed by atoms with Gasteiger partial charge in [-0.05, 0) is 43.7 Å². The van der Waals surface area contributed by atoms with Crippen LogP contribution in [0.25, 0.3) is 0 Å². The maximum absolute atomic E-state index is 12.0. The number of methoxy groups -OCH3 is 2. The first-order valence-corrected chi connectivity index (χ1v) is 8.49. The molecule has 2 aromatic carbocycles. The molecule has 6 nitrogen and oxygen atoms in total. The Labute approximate surface area is 154 Å². The van der Waals surface area contributed by atoms with Crippen LogP contribution in [0.15, 0.2) is 42.5 Å². The molecule has 0 spiro atoms. The molecule has 2 aromatic rings. The molecule has 0 aliphatic heterocycles. The summed E-state index contributed by atoms with van der Waals surface area (Å²) in [5, 5.41) is 5.67. The fourth-order valence-electron chi connectivity index (χ4n) is 2.42. The molecule has 0 aliphatic carbocycles. The largest absolute Gasteiger partial charge is 0.493 e. The monoisotopic (exact) mass is 358 g/mol. The molecule has 0 bridgehead atoms. The van der Waals surface area contributed by atoms with Gasteiger partial charge in [0.2, 0.25) is 0 Å². The van der Waals surface area contributed by atoms with Crippen molar-refractivity contribution in [3.05, 3.63) is 53.6 Å². The number of benzene rings is 2. The van der Waals surface area contributed by atoms with E-state index in [1.54, 1.807) is 14.2 Å². The molecule has 0 radical (unpaired) electrons. The Bertz CT molecular complexity index is 716. The fraction of sp³-hybridized carbons (Fsp3) is 0.350. The number of aryl methyl sites for hydroxylation is 1. The smallest absolute Gasteiger partial charge is 0.315 e. The Balaban J connectivity index is 1.77. The quantitative estimate of drug-likeness (QED) is 0.709. The third-order valence-electron chi connectivity index (χ3n) is 3.93. The minimum absolute atomic E-state index is 0.173. The van der Waals surface area contributed by atoms with Crippen LogP contribution in [-0.4, -0.2) is 33.4 Å². The van der Waals surface area contributed by atoms with Crippen molar-refractivity contribution in [3.8, 4) is 17.2 Å². The summed E-state index contributed by atoms with van der Waals surface area (Å²) in [7, 11) is 3.17. The molecule has 1 unspecified atom stereocenters. The number of hydrogen-bond donors (Lipinski definition) is 2. The molecule has 0 saturated heterocycles. The lowest BCUT2D eigenvalue weighted by molar-refractivity contribution is 0.233. The van der Waals surface area contributed by atoms with E-state index in [1.807, 2.05) is 56.3 Å². The number of amides is 2. The molecule has 0 aliphatic rings. The Morgan fingerprint density at radius 1 is 1.04 bits per heavy atom. The van der Waals surface area contributed by atoms with Crippen LogP contribution in [0, 0.1) is 6.92 Å². The lowest BCUT2D eigenvalue weighted by Crippen LogP contribution is -2.39. The zero-order valence-corrected chi connectivity index (χ0v) is 15.7. The summed E-state index contributed by atoms with van der Waals surface area (Å²) in [5.41, 5.74) is 2.10. The van der Waals surface area contributed by atoms with Gasteiger partial charge in [-0.25, -0.2) is 4.79 Å². The predicted molar refractivity (Wildman–Crippen MR) is 101 cm³/mol. The number of nitrogens with one attached hydrogen (secondary N) is 2. The van der Waals surface area contributed by atoms with Crippen molar-refractivity contribution in [3.63, 3.8) is 0 Å². The molecule has 6 heteroatoms. The Morgan fingerprint density at radius 2 is 1.73 bits per heavy atom. The first kappa shape index (κ1) is 19.4. The molecular weight excluding hydrogens is 332 g/mol. The van der Waals surface area contributed by atoms with Crippen LogP contribution in [0.3, 0.4) is 0 Å². The third kappa shape index (κ3) is 5.58. The average molecular weight is 358 g/mol. The summed E-state index contributed by atoms with van der Waals surface area (Å²) in [4.78, 5) is 12.0. The van der Waals surface area contributed by atoms with Gasteiger partial charge in [0, 0.05) is 0 Å². The van der Waals surface area contributed by atoms with E-state index < -0.39 is 0 Å². The van der Waals surface area contributed by atoms with Gasteiger partial charge in [-0.15, -0.1) is 0 Å². The van der Waals surface area contributed by atoms with Crippen molar-refractivity contribution in [1.82, 2.24) is 10.6 Å². The van der Waals surface area contributed by atoms with Gasteiger partial charge in [-0.2, -0.15) is 0 Å². The Kier molecular flexibility index (Phi) is 7.14. The minimum Gasteiger partial charge on any atom is -0.493 e. The summed E-state index contributed by atoms with van der Waals surface area (Å²) < 4.78 is 16.1. The zero-order chi connectivity index (χ0) is 18.9. The molecule has 140 valence electrons. The van der Waals surface area contributed by atoms with Gasteiger partial charge in [0.25, 0.3) is 0 Å². The van der Waals surface area contributed by atoms with Crippen molar-refractivity contribution < 1.29 is 19.0 Å². The van der Waals surface area contributed by atoms with Crippen molar-refractivity contribution in [1.29, 1.82) is 0 Å². The van der Waals surface area contributed by atoms with Crippen molar-refractivity contribution >= 4 is 6.03 Å². The molecule has 0 fully saturated rings. The van der Waals surface area contributed by atoms with Gasteiger partial charge in [-0.3, -0.25) is 0 Å². The van der Waals surface area contributed by atoms with Gasteiger partial charge in [0.05, 0.1) is 26.8 Å². The highest BCUT2D eigenvalue weighted by atomic mass is 16.5. The van der Waals surface area contributed by atoms with Crippen molar-refractivity contribution in [2.75, 3.05) is 27.4 Å². The normalized spacial score (nSPS) is 11.4. The van der Waals surface area contributed by atoms with Crippen molar-refractivity contribution in [2.24, 2.45) is 0 Å². The van der Waals surface area contributed by atoms with E-state index in [9.17, 15) is 4.79 Å². The van der Waals surface area contributed by atoms with Gasteiger partial charge < -0.3 is 24.8 Å². The average Bonchev–Trinajstić information content (AvgIpc) is 2.66. The van der Waals surface area contributed by atoms with Crippen LogP contribution >= 0.6 is 0 Å². The van der Waals surface area contributed by atoms with E-state index in [4.69, 9.17) is 14.2 Å². The Morgan fingerprint density at radius 3 is 2.38 bits per heavy atom. The van der Waals surface area contributed by atoms with Gasteiger partial charge in [0.1, 0.15) is 12.4 Å². The summed E-state index contributed by atoms with van der Waals surface area (Å²) in [6.07, 6.45) is 0. The molecule has 0 aromatic heterocycles. The number of rotatable bonds is 8. The van der Waals surface area contributed by atoms with Gasteiger partial charge >= 0.3 is 6.03 Å². The van der Waals surface area contributed by atoms with Crippen LogP contribution in [-0.2, 0) is 0 Å². The molecule has 2 N–H and O–H groups in total. The van der Waals surface area contributed by atoms with E-state index >= 15 is 0 Å². The molecule has 0 saturated carbocycles. The zero-order valence-electron chi connectivity index (χ0n) is 15.7. The minimum atomic E-state index is -0.250. The highest BCUT2D eigenvalue weighted by molar-refractivity contribution is 5.74. The second-order valence-corrected chi connectivity index (χ2v) is 5.90. The topological polar surface area (TPSA) is 68.8 Å². The summed E-state index contributed by atoms with van der Waals surface area (Å²) >= 11 is 0. The molecular formula is C20H26N2O4. The third-order valence-corrected chi connectivity index (χ3v) is 3.93. The molecule has 26 heavy (non-hydrogen) atoms. The lowest BCUT2D eigenvalue weighted by Gasteiger charge is -2.17. The molecule has 1 atom stereocenters. The van der Waals surface area contributed by atoms with Crippen LogP contribution in [0.1, 0.15) is 24.1 Å². The molecule has 0 heterocycles. The molecule has 2 rings (SSSR count). The Hall–Kier alpha value is -2.89. The first-order chi connectivity index (χ1) is 12.5. The van der Waals surface area contributed by atoms with Crippen LogP contribution < -0.4 is 24.8 Å². The van der Waals surface area contributed by atoms with Crippen LogP contribution in [0.4, 0.5) is 4.79 Å². The predicted octanol–water partition coefficient (Wildman–Crippen LogP) is 3.45. The van der Waals surface area contributed by atoms with Crippen LogP contribution in [0.5, 0.6) is 17.2 Å². The summed E-state index contributed by atoms with van der Waals surface area (Å²) in [6, 6.07) is 12.9. The number of hydrogen-bond acceptors (Lipinski definition) is 4. The maximum atomic E-state index is 12.0. The highest BCUT2D eigenvalue weighted by Gasteiger charge is 2.12. The SMILES string of the molecule is COc1ccc(C(C)NC(=O)NCCOc2ccc(C)cc2)cc1OC. The van der Waals surface area contributed by atoms with Crippen LogP contribution in [0.2, 0.25) is 0 Å². The second-order valence-electron chi connectivity index (χ2n) is 5.90. The van der Waals surface area contributed by atoms with E-state index in [-0.39, 0.29) is 12.1 Å².